The summed E-state index contributed by atoms with van der Waals surface area (Å²) >= 11 is 0. The second kappa shape index (κ2) is 8.63. The van der Waals surface area contributed by atoms with Crippen molar-refractivity contribution in [3.05, 3.63) is 106 Å². The molecule has 0 spiro atoms. The molecule has 1 N–H and O–H groups in total. The van der Waals surface area contributed by atoms with Crippen LogP contribution in [0.25, 0.3) is 17.2 Å². The lowest BCUT2D eigenvalue weighted by atomic mass is 9.98. The van der Waals surface area contributed by atoms with Crippen molar-refractivity contribution in [1.29, 1.82) is 0 Å². The maximum absolute atomic E-state index is 13.8. The highest BCUT2D eigenvalue weighted by atomic mass is 19.1. The first-order chi connectivity index (χ1) is 15.4. The highest BCUT2D eigenvalue weighted by Gasteiger charge is 2.25. The summed E-state index contributed by atoms with van der Waals surface area (Å²) in [6, 6.07) is 18.6. The summed E-state index contributed by atoms with van der Waals surface area (Å²) in [5.74, 6) is -0.765. The molecule has 1 aliphatic rings. The van der Waals surface area contributed by atoms with Crippen LogP contribution in [0.15, 0.2) is 72.3 Å². The zero-order valence-electron chi connectivity index (χ0n) is 17.7. The van der Waals surface area contributed by atoms with Gasteiger partial charge in [-0.2, -0.15) is 0 Å². The van der Waals surface area contributed by atoms with E-state index in [9.17, 15) is 19.1 Å². The van der Waals surface area contributed by atoms with Crippen molar-refractivity contribution in [2.75, 3.05) is 7.11 Å². The summed E-state index contributed by atoms with van der Waals surface area (Å²) < 4.78 is 19.0. The molecule has 0 saturated carbocycles. The van der Waals surface area contributed by atoms with E-state index in [0.717, 1.165) is 22.3 Å². The Morgan fingerprint density at radius 1 is 0.938 bits per heavy atom. The predicted octanol–water partition coefficient (Wildman–Crippen LogP) is 5.87. The first-order valence-corrected chi connectivity index (χ1v) is 10.1. The molecule has 0 aromatic heterocycles. The average Bonchev–Trinajstić information content (AvgIpc) is 3.04. The molecule has 32 heavy (non-hydrogen) atoms. The Labute approximate surface area is 185 Å². The van der Waals surface area contributed by atoms with E-state index in [4.69, 9.17) is 4.74 Å². The molecule has 1 aliphatic carbocycles. The topological polar surface area (TPSA) is 63.6 Å². The molecule has 4 nitrogen and oxygen atoms in total. The van der Waals surface area contributed by atoms with Crippen LogP contribution in [-0.2, 0) is 4.79 Å². The number of hydrogen-bond acceptors (Lipinski definition) is 3. The quantitative estimate of drug-likeness (QED) is 0.499. The van der Waals surface area contributed by atoms with Crippen LogP contribution in [0.2, 0.25) is 0 Å². The first kappa shape index (κ1) is 21.2. The maximum Gasteiger partial charge on any atom is 0.307 e. The van der Waals surface area contributed by atoms with Crippen LogP contribution in [0.1, 0.15) is 46.0 Å². The number of carboxylic acid groups (broad SMARTS) is 1. The smallest absolute Gasteiger partial charge is 0.307 e. The minimum absolute atomic E-state index is 0.0895. The lowest BCUT2D eigenvalue weighted by Crippen LogP contribution is -2.01. The number of halogens is 1. The van der Waals surface area contributed by atoms with Crippen molar-refractivity contribution < 1.29 is 23.8 Å². The Morgan fingerprint density at radius 2 is 1.56 bits per heavy atom. The van der Waals surface area contributed by atoms with E-state index in [0.29, 0.717) is 28.0 Å². The Bertz CT molecular complexity index is 1270. The highest BCUT2D eigenvalue weighted by Crippen LogP contribution is 2.43. The number of methoxy groups -OCH3 is 1. The van der Waals surface area contributed by atoms with Gasteiger partial charge in [0.15, 0.2) is 5.78 Å². The van der Waals surface area contributed by atoms with E-state index < -0.39 is 11.8 Å². The van der Waals surface area contributed by atoms with Gasteiger partial charge in [0.1, 0.15) is 11.6 Å². The van der Waals surface area contributed by atoms with Crippen LogP contribution in [0.4, 0.5) is 4.39 Å². The zero-order valence-corrected chi connectivity index (χ0v) is 17.7. The summed E-state index contributed by atoms with van der Waals surface area (Å²) in [4.78, 5) is 24.1. The molecule has 3 aromatic carbocycles. The molecule has 4 rings (SSSR count). The van der Waals surface area contributed by atoms with Crippen LogP contribution in [0.3, 0.4) is 0 Å². The average molecular weight is 428 g/mol. The number of hydrogen-bond donors (Lipinski definition) is 1. The van der Waals surface area contributed by atoms with Gasteiger partial charge in [0.25, 0.3) is 0 Å². The second-order valence-corrected chi connectivity index (χ2v) is 7.60. The maximum atomic E-state index is 13.8. The number of allylic oxidation sites excluding steroid dienone is 2. The largest absolute Gasteiger partial charge is 0.497 e. The van der Waals surface area contributed by atoms with Gasteiger partial charge >= 0.3 is 5.97 Å². The van der Waals surface area contributed by atoms with Gasteiger partial charge in [-0.3, -0.25) is 9.59 Å². The lowest BCUT2D eigenvalue weighted by Gasteiger charge is -2.06. The standard InChI is InChI=1S/C27H21FO4/c1-16-23(22-12-9-20(28)14-25(22)24(16)15-26(29)30)13-17-3-5-18(6-4-17)27(31)19-7-10-21(32-2)11-8-19/h3-14H,15H2,1-2H3,(H,29,30)/b23-13-. The number of carboxylic acids is 1. The van der Waals surface area contributed by atoms with Crippen LogP contribution in [0.5, 0.6) is 5.75 Å². The van der Waals surface area contributed by atoms with Crippen LogP contribution < -0.4 is 4.74 Å². The Morgan fingerprint density at radius 3 is 2.16 bits per heavy atom. The number of rotatable bonds is 6. The zero-order chi connectivity index (χ0) is 22.8. The van der Waals surface area contributed by atoms with Gasteiger partial charge in [-0.25, -0.2) is 4.39 Å². The summed E-state index contributed by atoms with van der Waals surface area (Å²) in [6.45, 7) is 1.85. The van der Waals surface area contributed by atoms with Gasteiger partial charge in [0, 0.05) is 11.1 Å². The van der Waals surface area contributed by atoms with E-state index in [-0.39, 0.29) is 12.2 Å². The van der Waals surface area contributed by atoms with E-state index in [1.54, 1.807) is 49.6 Å². The highest BCUT2D eigenvalue weighted by molar-refractivity contribution is 6.10. The van der Waals surface area contributed by atoms with Gasteiger partial charge in [0.2, 0.25) is 0 Å². The number of fused-ring (bicyclic) bond motifs is 1. The third-order valence-corrected chi connectivity index (χ3v) is 5.62. The summed E-state index contributed by atoms with van der Waals surface area (Å²) in [6.07, 6.45) is 1.76. The third kappa shape index (κ3) is 4.10. The van der Waals surface area contributed by atoms with Crippen LogP contribution in [0, 0.1) is 5.82 Å². The number of ketones is 1. The molecule has 0 amide bonds. The second-order valence-electron chi connectivity index (χ2n) is 7.60. The fraction of sp³-hybridized carbons (Fsp3) is 0.111. The van der Waals surface area contributed by atoms with Crippen molar-refractivity contribution in [1.82, 2.24) is 0 Å². The molecule has 0 saturated heterocycles. The molecule has 0 bridgehead atoms. The molecule has 160 valence electrons. The van der Waals surface area contributed by atoms with Gasteiger partial charge in [-0.1, -0.05) is 30.3 Å². The SMILES string of the molecule is COc1ccc(C(=O)c2ccc(/C=C3/C(C)=C(CC(=O)O)c4cc(F)ccc43)cc2)cc1. The van der Waals surface area contributed by atoms with Gasteiger partial charge in [-0.15, -0.1) is 0 Å². The van der Waals surface area contributed by atoms with Gasteiger partial charge < -0.3 is 9.84 Å². The van der Waals surface area contributed by atoms with Crippen molar-refractivity contribution >= 4 is 29.0 Å². The van der Waals surface area contributed by atoms with Gasteiger partial charge in [0.05, 0.1) is 13.5 Å². The fourth-order valence-corrected chi connectivity index (χ4v) is 3.94. The molecular formula is C27H21FO4. The molecule has 0 unspecified atom stereocenters. The molecule has 3 aromatic rings. The Hall–Kier alpha value is -3.99. The van der Waals surface area contributed by atoms with Crippen molar-refractivity contribution in [3.8, 4) is 5.75 Å². The molecule has 0 radical (unpaired) electrons. The van der Waals surface area contributed by atoms with Crippen molar-refractivity contribution in [2.45, 2.75) is 13.3 Å². The lowest BCUT2D eigenvalue weighted by molar-refractivity contribution is -0.135. The number of benzene rings is 3. The minimum Gasteiger partial charge on any atom is -0.497 e. The van der Waals surface area contributed by atoms with Crippen LogP contribution in [-0.4, -0.2) is 24.0 Å². The molecule has 0 atom stereocenters. The number of ether oxygens (including phenoxy) is 1. The van der Waals surface area contributed by atoms with Crippen LogP contribution >= 0.6 is 0 Å². The van der Waals surface area contributed by atoms with E-state index >= 15 is 0 Å². The Kier molecular flexibility index (Phi) is 5.73. The molecule has 0 fully saturated rings. The fourth-order valence-electron chi connectivity index (χ4n) is 3.94. The monoisotopic (exact) mass is 428 g/mol. The van der Waals surface area contributed by atoms with Gasteiger partial charge in [-0.05, 0) is 82.8 Å². The third-order valence-electron chi connectivity index (χ3n) is 5.62. The predicted molar refractivity (Wildman–Crippen MR) is 122 cm³/mol. The summed E-state index contributed by atoms with van der Waals surface area (Å²) in [7, 11) is 1.57. The molecule has 0 aliphatic heterocycles. The molecule has 5 heteroatoms. The normalized spacial score (nSPS) is 13.9. The number of carbonyl (C=O) groups is 2. The minimum atomic E-state index is -0.961. The number of aliphatic carboxylic acids is 1. The molecular weight excluding hydrogens is 407 g/mol. The van der Waals surface area contributed by atoms with Crippen molar-refractivity contribution in [2.24, 2.45) is 0 Å². The first-order valence-electron chi connectivity index (χ1n) is 10.1. The van der Waals surface area contributed by atoms with E-state index in [2.05, 4.69) is 0 Å². The summed E-state index contributed by atoms with van der Waals surface area (Å²) in [5, 5.41) is 9.28. The molecule has 0 heterocycles. The Balaban J connectivity index is 1.66. The van der Waals surface area contributed by atoms with E-state index in [1.165, 1.54) is 12.1 Å². The van der Waals surface area contributed by atoms with Crippen molar-refractivity contribution in [3.63, 3.8) is 0 Å². The number of carbonyl (C=O) groups excluding carboxylic acids is 1. The van der Waals surface area contributed by atoms with E-state index in [1.807, 2.05) is 25.1 Å². The summed E-state index contributed by atoms with van der Waals surface area (Å²) in [5.41, 5.74) is 5.69.